The van der Waals surface area contributed by atoms with Crippen molar-refractivity contribution in [3.05, 3.63) is 43.2 Å². The molecule has 0 amide bonds. The first-order valence-electron chi connectivity index (χ1n) is 5.84. The molecule has 0 fully saturated rings. The van der Waals surface area contributed by atoms with Crippen molar-refractivity contribution in [2.75, 3.05) is 5.32 Å². The average Bonchev–Trinajstić information content (AvgIpc) is 2.98. The van der Waals surface area contributed by atoms with Gasteiger partial charge in [-0.05, 0) is 13.0 Å². The molecule has 3 aromatic rings. The lowest BCUT2D eigenvalue weighted by Gasteiger charge is -2.14. The van der Waals surface area contributed by atoms with E-state index in [1.807, 2.05) is 35.4 Å². The predicted octanol–water partition coefficient (Wildman–Crippen LogP) is 1.43. The van der Waals surface area contributed by atoms with E-state index in [-0.39, 0.29) is 6.04 Å². The normalized spacial score (nSPS) is 12.7. The second-order valence-corrected chi connectivity index (χ2v) is 4.25. The van der Waals surface area contributed by atoms with Crippen LogP contribution in [0, 0.1) is 0 Å². The molecule has 1 N–H and O–H groups in total. The maximum Gasteiger partial charge on any atom is 0.157 e. The van der Waals surface area contributed by atoms with Crippen molar-refractivity contribution in [1.82, 2.24) is 24.1 Å². The van der Waals surface area contributed by atoms with Gasteiger partial charge < -0.3 is 9.88 Å². The highest BCUT2D eigenvalue weighted by molar-refractivity contribution is 5.45. The van der Waals surface area contributed by atoms with Crippen LogP contribution in [-0.2, 0) is 6.54 Å². The van der Waals surface area contributed by atoms with E-state index < -0.39 is 0 Å². The quantitative estimate of drug-likeness (QED) is 0.751. The molecule has 3 heterocycles. The molecule has 1 unspecified atom stereocenters. The Balaban J connectivity index is 1.71. The number of imidazole rings is 1. The highest BCUT2D eigenvalue weighted by Crippen LogP contribution is 2.08. The van der Waals surface area contributed by atoms with Crippen LogP contribution >= 0.6 is 0 Å². The second kappa shape index (κ2) is 4.48. The van der Waals surface area contributed by atoms with Gasteiger partial charge in [-0.15, -0.1) is 0 Å². The van der Waals surface area contributed by atoms with Crippen LogP contribution in [0.3, 0.4) is 0 Å². The number of nitrogens with zero attached hydrogens (tertiary/aromatic N) is 5. The van der Waals surface area contributed by atoms with E-state index in [2.05, 4.69) is 27.3 Å². The molecule has 0 saturated carbocycles. The zero-order valence-corrected chi connectivity index (χ0v) is 10.1. The molecule has 6 nitrogen and oxygen atoms in total. The van der Waals surface area contributed by atoms with Crippen LogP contribution in [0.5, 0.6) is 0 Å². The zero-order chi connectivity index (χ0) is 12.4. The summed E-state index contributed by atoms with van der Waals surface area (Å²) >= 11 is 0. The number of fused-ring (bicyclic) bond motifs is 1. The van der Waals surface area contributed by atoms with Crippen LogP contribution in [0.15, 0.2) is 43.2 Å². The van der Waals surface area contributed by atoms with Crippen LogP contribution in [0.1, 0.15) is 6.92 Å². The van der Waals surface area contributed by atoms with Gasteiger partial charge in [0.1, 0.15) is 5.82 Å². The summed E-state index contributed by atoms with van der Waals surface area (Å²) in [4.78, 5) is 8.49. The molecule has 6 heteroatoms. The van der Waals surface area contributed by atoms with Gasteiger partial charge in [0, 0.05) is 37.2 Å². The predicted molar refractivity (Wildman–Crippen MR) is 68.3 cm³/mol. The van der Waals surface area contributed by atoms with E-state index >= 15 is 0 Å². The number of anilines is 1. The van der Waals surface area contributed by atoms with E-state index in [0.29, 0.717) is 0 Å². The third-order valence-corrected chi connectivity index (χ3v) is 2.70. The monoisotopic (exact) mass is 242 g/mol. The van der Waals surface area contributed by atoms with E-state index in [1.165, 1.54) is 0 Å². The Morgan fingerprint density at radius 2 is 2.22 bits per heavy atom. The first-order valence-corrected chi connectivity index (χ1v) is 5.84. The summed E-state index contributed by atoms with van der Waals surface area (Å²) in [6.07, 6.45) is 9.18. The first kappa shape index (κ1) is 10.8. The average molecular weight is 242 g/mol. The SMILES string of the molecule is CC(Cn1ccnc1)Nc1ccn2nccc2n1. The number of hydrogen-bond acceptors (Lipinski definition) is 4. The summed E-state index contributed by atoms with van der Waals surface area (Å²) < 4.78 is 3.78. The van der Waals surface area contributed by atoms with Crippen LogP contribution in [-0.4, -0.2) is 30.2 Å². The third kappa shape index (κ3) is 2.17. The molecular weight excluding hydrogens is 228 g/mol. The molecule has 0 radical (unpaired) electrons. The van der Waals surface area contributed by atoms with Crippen LogP contribution in [0.4, 0.5) is 5.82 Å². The fourth-order valence-corrected chi connectivity index (χ4v) is 1.90. The molecule has 3 aromatic heterocycles. The molecule has 18 heavy (non-hydrogen) atoms. The Bertz CT molecular complexity index is 627. The van der Waals surface area contributed by atoms with Gasteiger partial charge in [0.2, 0.25) is 0 Å². The molecule has 0 spiro atoms. The van der Waals surface area contributed by atoms with E-state index in [1.54, 1.807) is 16.9 Å². The Morgan fingerprint density at radius 1 is 1.28 bits per heavy atom. The standard InChI is InChI=1S/C12H14N6/c1-10(8-17-7-5-13-9-17)15-11-3-6-18-12(16-11)2-4-14-18/h2-7,9-10H,8H2,1H3,(H,15,16). The largest absolute Gasteiger partial charge is 0.366 e. The summed E-state index contributed by atoms with van der Waals surface area (Å²) in [6, 6.07) is 4.08. The third-order valence-electron chi connectivity index (χ3n) is 2.70. The van der Waals surface area contributed by atoms with E-state index in [9.17, 15) is 0 Å². The maximum atomic E-state index is 4.47. The first-order chi connectivity index (χ1) is 8.81. The van der Waals surface area contributed by atoms with Crippen LogP contribution < -0.4 is 5.32 Å². The number of rotatable bonds is 4. The van der Waals surface area contributed by atoms with Crippen LogP contribution in [0.25, 0.3) is 5.65 Å². The van der Waals surface area contributed by atoms with Gasteiger partial charge in [-0.2, -0.15) is 5.10 Å². The smallest absolute Gasteiger partial charge is 0.157 e. The van der Waals surface area contributed by atoms with Gasteiger partial charge in [-0.3, -0.25) is 0 Å². The summed E-state index contributed by atoms with van der Waals surface area (Å²) in [5.41, 5.74) is 0.842. The van der Waals surface area contributed by atoms with Gasteiger partial charge >= 0.3 is 0 Å². The number of hydrogen-bond donors (Lipinski definition) is 1. The van der Waals surface area contributed by atoms with Gasteiger partial charge in [0.05, 0.1) is 12.5 Å². The van der Waals surface area contributed by atoms with Crippen molar-refractivity contribution in [3.63, 3.8) is 0 Å². The summed E-state index contributed by atoms with van der Waals surface area (Å²) in [5, 5.41) is 7.48. The highest BCUT2D eigenvalue weighted by Gasteiger charge is 2.04. The summed E-state index contributed by atoms with van der Waals surface area (Å²) in [7, 11) is 0. The lowest BCUT2D eigenvalue weighted by molar-refractivity contribution is 0.617. The molecule has 3 rings (SSSR count). The molecule has 0 aliphatic carbocycles. The number of nitrogens with one attached hydrogen (secondary N) is 1. The van der Waals surface area contributed by atoms with Crippen molar-refractivity contribution in [3.8, 4) is 0 Å². The molecule has 92 valence electrons. The van der Waals surface area contributed by atoms with Crippen molar-refractivity contribution in [1.29, 1.82) is 0 Å². The molecule has 1 atom stereocenters. The lowest BCUT2D eigenvalue weighted by Crippen LogP contribution is -2.22. The fourth-order valence-electron chi connectivity index (χ4n) is 1.90. The van der Waals surface area contributed by atoms with Crippen molar-refractivity contribution >= 4 is 11.5 Å². The highest BCUT2D eigenvalue weighted by atomic mass is 15.2. The second-order valence-electron chi connectivity index (χ2n) is 4.25. The topological polar surface area (TPSA) is 60.0 Å². The van der Waals surface area contributed by atoms with Gasteiger partial charge in [-0.25, -0.2) is 14.5 Å². The molecule has 0 aliphatic heterocycles. The van der Waals surface area contributed by atoms with Crippen molar-refractivity contribution < 1.29 is 0 Å². The maximum absolute atomic E-state index is 4.47. The van der Waals surface area contributed by atoms with Gasteiger partial charge in [0.15, 0.2) is 5.65 Å². The van der Waals surface area contributed by atoms with E-state index in [4.69, 9.17) is 0 Å². The summed E-state index contributed by atoms with van der Waals surface area (Å²) in [6.45, 7) is 2.97. The Hall–Kier alpha value is -2.37. The van der Waals surface area contributed by atoms with Gasteiger partial charge in [0.25, 0.3) is 0 Å². The summed E-state index contributed by atoms with van der Waals surface area (Å²) in [5.74, 6) is 0.857. The Kier molecular flexibility index (Phi) is 2.68. The van der Waals surface area contributed by atoms with Crippen molar-refractivity contribution in [2.45, 2.75) is 19.5 Å². The van der Waals surface area contributed by atoms with Crippen molar-refractivity contribution in [2.24, 2.45) is 0 Å². The van der Waals surface area contributed by atoms with E-state index in [0.717, 1.165) is 18.0 Å². The molecule has 0 aromatic carbocycles. The molecular formula is C12H14N6. The fraction of sp³-hybridized carbons (Fsp3) is 0.250. The minimum absolute atomic E-state index is 0.275. The van der Waals surface area contributed by atoms with Crippen LogP contribution in [0.2, 0.25) is 0 Å². The molecule has 0 bridgehead atoms. The lowest BCUT2D eigenvalue weighted by atomic mass is 10.3. The number of aromatic nitrogens is 5. The van der Waals surface area contributed by atoms with Gasteiger partial charge in [-0.1, -0.05) is 0 Å². The molecule has 0 aliphatic rings. The minimum atomic E-state index is 0.275. The molecule has 0 saturated heterocycles. The Morgan fingerprint density at radius 3 is 3.06 bits per heavy atom. The minimum Gasteiger partial charge on any atom is -0.366 e. The Labute approximate surface area is 104 Å². The zero-order valence-electron chi connectivity index (χ0n) is 10.1.